The van der Waals surface area contributed by atoms with E-state index in [1.54, 1.807) is 13.0 Å². The van der Waals surface area contributed by atoms with Gasteiger partial charge in [0.15, 0.2) is 0 Å². The van der Waals surface area contributed by atoms with Gasteiger partial charge < -0.3 is 16.8 Å². The number of nitrogens with zero attached hydrogens (tertiary/aromatic N) is 1. The molecule has 0 aromatic carbocycles. The molecule has 16 heavy (non-hydrogen) atoms. The van der Waals surface area contributed by atoms with Crippen molar-refractivity contribution in [2.75, 3.05) is 5.73 Å². The van der Waals surface area contributed by atoms with Crippen molar-refractivity contribution in [3.8, 4) is 0 Å². The Hall–Kier alpha value is -2.11. The zero-order valence-electron chi connectivity index (χ0n) is 8.93. The summed E-state index contributed by atoms with van der Waals surface area (Å²) in [7, 11) is 0. The summed E-state index contributed by atoms with van der Waals surface area (Å²) in [5, 5.41) is 2.60. The summed E-state index contributed by atoms with van der Waals surface area (Å²) in [6, 6.07) is 2.78. The molecule has 1 aromatic rings. The molecule has 0 radical (unpaired) electrons. The maximum Gasteiger partial charge on any atom is 0.270 e. The monoisotopic (exact) mass is 222 g/mol. The number of nitrogen functional groups attached to an aromatic ring is 1. The molecule has 0 aliphatic carbocycles. The SMILES string of the molecule is CC(CC(N)=O)NC(=O)c1ccc(N)cn1. The highest BCUT2D eigenvalue weighted by Gasteiger charge is 2.12. The summed E-state index contributed by atoms with van der Waals surface area (Å²) in [5.41, 5.74) is 11.2. The molecule has 0 saturated carbocycles. The Morgan fingerprint density at radius 2 is 2.19 bits per heavy atom. The largest absolute Gasteiger partial charge is 0.397 e. The molecule has 6 heteroatoms. The van der Waals surface area contributed by atoms with E-state index in [4.69, 9.17) is 11.5 Å². The first-order chi connectivity index (χ1) is 7.49. The van der Waals surface area contributed by atoms with Gasteiger partial charge in [-0.3, -0.25) is 9.59 Å². The fourth-order valence-corrected chi connectivity index (χ4v) is 1.19. The normalized spacial score (nSPS) is 11.8. The highest BCUT2D eigenvalue weighted by atomic mass is 16.2. The van der Waals surface area contributed by atoms with E-state index in [0.717, 1.165) is 0 Å². The number of nitrogens with one attached hydrogen (secondary N) is 1. The van der Waals surface area contributed by atoms with Gasteiger partial charge in [0.25, 0.3) is 5.91 Å². The summed E-state index contributed by atoms with van der Waals surface area (Å²) >= 11 is 0. The van der Waals surface area contributed by atoms with Crippen molar-refractivity contribution in [1.29, 1.82) is 0 Å². The van der Waals surface area contributed by atoms with Gasteiger partial charge >= 0.3 is 0 Å². The van der Waals surface area contributed by atoms with Gasteiger partial charge in [0.05, 0.1) is 11.9 Å². The lowest BCUT2D eigenvalue weighted by Gasteiger charge is -2.11. The van der Waals surface area contributed by atoms with Crippen molar-refractivity contribution in [2.45, 2.75) is 19.4 Å². The molecular formula is C10H14N4O2. The van der Waals surface area contributed by atoms with E-state index in [2.05, 4.69) is 10.3 Å². The molecule has 1 atom stereocenters. The van der Waals surface area contributed by atoms with Gasteiger partial charge in [-0.1, -0.05) is 0 Å². The second kappa shape index (κ2) is 5.11. The van der Waals surface area contributed by atoms with Crippen LogP contribution in [-0.2, 0) is 4.79 Å². The van der Waals surface area contributed by atoms with Gasteiger partial charge in [-0.2, -0.15) is 0 Å². The van der Waals surface area contributed by atoms with Crippen molar-refractivity contribution in [1.82, 2.24) is 10.3 Å². The third-order valence-corrected chi connectivity index (χ3v) is 1.90. The second-order valence-electron chi connectivity index (χ2n) is 3.52. The molecular weight excluding hydrogens is 208 g/mol. The Morgan fingerprint density at radius 3 is 2.69 bits per heavy atom. The number of hydrogen-bond acceptors (Lipinski definition) is 4. The van der Waals surface area contributed by atoms with Crippen molar-refractivity contribution in [3.63, 3.8) is 0 Å². The molecule has 1 unspecified atom stereocenters. The number of carbonyl (C=O) groups is 2. The van der Waals surface area contributed by atoms with Crippen molar-refractivity contribution >= 4 is 17.5 Å². The minimum Gasteiger partial charge on any atom is -0.397 e. The fourth-order valence-electron chi connectivity index (χ4n) is 1.19. The number of carbonyl (C=O) groups excluding carboxylic acids is 2. The lowest BCUT2D eigenvalue weighted by molar-refractivity contribution is -0.118. The quantitative estimate of drug-likeness (QED) is 0.646. The van der Waals surface area contributed by atoms with Crippen molar-refractivity contribution < 1.29 is 9.59 Å². The van der Waals surface area contributed by atoms with Crippen LogP contribution in [-0.4, -0.2) is 22.8 Å². The van der Waals surface area contributed by atoms with E-state index in [0.29, 0.717) is 5.69 Å². The zero-order valence-corrected chi connectivity index (χ0v) is 8.93. The molecule has 0 bridgehead atoms. The van der Waals surface area contributed by atoms with Crippen LogP contribution in [0.5, 0.6) is 0 Å². The molecule has 0 spiro atoms. The Kier molecular flexibility index (Phi) is 3.82. The maximum atomic E-state index is 11.6. The van der Waals surface area contributed by atoms with Gasteiger partial charge in [0.1, 0.15) is 5.69 Å². The van der Waals surface area contributed by atoms with E-state index >= 15 is 0 Å². The third kappa shape index (κ3) is 3.56. The number of amides is 2. The van der Waals surface area contributed by atoms with Crippen LogP contribution in [0, 0.1) is 0 Å². The molecule has 1 rings (SSSR count). The van der Waals surface area contributed by atoms with Crippen LogP contribution < -0.4 is 16.8 Å². The first-order valence-corrected chi connectivity index (χ1v) is 4.79. The minimum atomic E-state index is -0.460. The van der Waals surface area contributed by atoms with E-state index in [1.165, 1.54) is 12.3 Å². The molecule has 0 aliphatic heterocycles. The molecule has 0 fully saturated rings. The van der Waals surface area contributed by atoms with Gasteiger partial charge in [0.2, 0.25) is 5.91 Å². The van der Waals surface area contributed by atoms with Gasteiger partial charge in [-0.05, 0) is 19.1 Å². The van der Waals surface area contributed by atoms with Crippen molar-refractivity contribution in [3.05, 3.63) is 24.0 Å². The average Bonchev–Trinajstić information content (AvgIpc) is 2.16. The highest BCUT2D eigenvalue weighted by molar-refractivity contribution is 5.92. The maximum absolute atomic E-state index is 11.6. The average molecular weight is 222 g/mol. The minimum absolute atomic E-state index is 0.0979. The van der Waals surface area contributed by atoms with Crippen LogP contribution in [0.25, 0.3) is 0 Å². The summed E-state index contributed by atoms with van der Waals surface area (Å²) in [5.74, 6) is -0.813. The number of primary amides is 1. The Balaban J connectivity index is 2.58. The van der Waals surface area contributed by atoms with Crippen LogP contribution in [0.2, 0.25) is 0 Å². The van der Waals surface area contributed by atoms with E-state index in [1.807, 2.05) is 0 Å². The van der Waals surface area contributed by atoms with Crippen LogP contribution in [0.1, 0.15) is 23.8 Å². The van der Waals surface area contributed by atoms with Crippen LogP contribution in [0.15, 0.2) is 18.3 Å². The molecule has 1 heterocycles. The Labute approximate surface area is 93.0 Å². The van der Waals surface area contributed by atoms with E-state index < -0.39 is 5.91 Å². The van der Waals surface area contributed by atoms with E-state index in [9.17, 15) is 9.59 Å². The number of rotatable bonds is 4. The number of pyridine rings is 1. The van der Waals surface area contributed by atoms with Gasteiger partial charge in [0, 0.05) is 12.5 Å². The highest BCUT2D eigenvalue weighted by Crippen LogP contribution is 2.01. The van der Waals surface area contributed by atoms with Crippen molar-refractivity contribution in [2.24, 2.45) is 5.73 Å². The predicted molar refractivity (Wildman–Crippen MR) is 59.4 cm³/mol. The first kappa shape index (κ1) is 12.0. The molecule has 86 valence electrons. The predicted octanol–water partition coefficient (Wildman–Crippen LogP) is -0.342. The molecule has 0 aliphatic rings. The molecule has 1 aromatic heterocycles. The lowest BCUT2D eigenvalue weighted by atomic mass is 10.2. The van der Waals surface area contributed by atoms with Crippen LogP contribution >= 0.6 is 0 Å². The fraction of sp³-hybridized carbons (Fsp3) is 0.300. The van der Waals surface area contributed by atoms with Gasteiger partial charge in [-0.25, -0.2) is 4.98 Å². The summed E-state index contributed by atoms with van der Waals surface area (Å²) < 4.78 is 0. The number of hydrogen-bond donors (Lipinski definition) is 3. The standard InChI is InChI=1S/C10H14N4O2/c1-6(4-9(12)15)14-10(16)8-3-2-7(11)5-13-8/h2-3,5-6H,4,11H2,1H3,(H2,12,15)(H,14,16). The zero-order chi connectivity index (χ0) is 12.1. The number of aromatic nitrogens is 1. The summed E-state index contributed by atoms with van der Waals surface area (Å²) in [6.07, 6.45) is 1.49. The van der Waals surface area contributed by atoms with Crippen LogP contribution in [0.3, 0.4) is 0 Å². The molecule has 6 nitrogen and oxygen atoms in total. The van der Waals surface area contributed by atoms with Crippen LogP contribution in [0.4, 0.5) is 5.69 Å². The Bertz CT molecular complexity index is 388. The lowest BCUT2D eigenvalue weighted by Crippen LogP contribution is -2.36. The smallest absolute Gasteiger partial charge is 0.270 e. The summed E-state index contributed by atoms with van der Waals surface area (Å²) in [4.78, 5) is 26.0. The molecule has 0 saturated heterocycles. The topological polar surface area (TPSA) is 111 Å². The number of anilines is 1. The third-order valence-electron chi connectivity index (χ3n) is 1.90. The summed E-state index contributed by atoms with van der Waals surface area (Å²) in [6.45, 7) is 1.69. The second-order valence-corrected chi connectivity index (χ2v) is 3.52. The van der Waals surface area contributed by atoms with Gasteiger partial charge in [-0.15, -0.1) is 0 Å². The molecule has 2 amide bonds. The van der Waals surface area contributed by atoms with E-state index in [-0.39, 0.29) is 24.1 Å². The first-order valence-electron chi connectivity index (χ1n) is 4.79. The molecule has 5 N–H and O–H groups in total. The number of nitrogens with two attached hydrogens (primary N) is 2. The Morgan fingerprint density at radius 1 is 1.50 bits per heavy atom.